The van der Waals surface area contributed by atoms with Crippen LogP contribution >= 0.6 is 11.6 Å². The summed E-state index contributed by atoms with van der Waals surface area (Å²) >= 11 is 6.05. The van der Waals surface area contributed by atoms with E-state index in [2.05, 4.69) is 4.74 Å². The molecule has 0 bridgehead atoms. The van der Waals surface area contributed by atoms with Crippen LogP contribution in [0.3, 0.4) is 0 Å². The van der Waals surface area contributed by atoms with Crippen molar-refractivity contribution in [3.63, 3.8) is 0 Å². The Balaban J connectivity index is 0.00000578. The second-order valence-corrected chi connectivity index (χ2v) is 9.34. The van der Waals surface area contributed by atoms with E-state index in [1.54, 1.807) is 6.92 Å². The molecule has 0 N–H and O–H groups in total. The van der Waals surface area contributed by atoms with Gasteiger partial charge in [-0.2, -0.15) is 0 Å². The number of carboxylic acid groups (broad SMARTS) is 1. The van der Waals surface area contributed by atoms with Crippen molar-refractivity contribution in [2.24, 2.45) is 0 Å². The first-order valence-corrected chi connectivity index (χ1v) is 11.7. The second kappa shape index (κ2) is 13.3. The van der Waals surface area contributed by atoms with Crippen molar-refractivity contribution in [1.82, 2.24) is 0 Å². The fourth-order valence-corrected chi connectivity index (χ4v) is 5.28. The Bertz CT molecular complexity index is 1050. The predicted molar refractivity (Wildman–Crippen MR) is 112 cm³/mol. The van der Waals surface area contributed by atoms with Gasteiger partial charge in [-0.3, -0.25) is 0 Å². The molecule has 182 valence electrons. The van der Waals surface area contributed by atoms with Gasteiger partial charge < -0.3 is 24.1 Å². The number of ether oxygens (including phenoxy) is 3. The number of carbonyl (C=O) groups is 3. The van der Waals surface area contributed by atoms with Crippen LogP contribution in [0.4, 0.5) is 14.9 Å². The molecule has 0 fully saturated rings. The number of esters is 1. The Kier molecular flexibility index (Phi) is 11.8. The summed E-state index contributed by atoms with van der Waals surface area (Å²) in [6, 6.07) is 2.87. The van der Waals surface area contributed by atoms with Crippen LogP contribution in [0.1, 0.15) is 33.1 Å². The number of carboxylic acids is 1. The van der Waals surface area contributed by atoms with Gasteiger partial charge in [0.1, 0.15) is 17.2 Å². The molecule has 1 aromatic carbocycles. The van der Waals surface area contributed by atoms with Crippen molar-refractivity contribution in [1.29, 1.82) is 0 Å². The maximum absolute atomic E-state index is 13.6. The molecule has 34 heavy (non-hydrogen) atoms. The van der Waals surface area contributed by atoms with Crippen molar-refractivity contribution >= 4 is 45.4 Å². The molecule has 1 unspecified atom stereocenters. The first-order chi connectivity index (χ1) is 15.5. The maximum atomic E-state index is 13.6. The van der Waals surface area contributed by atoms with Crippen molar-refractivity contribution in [2.45, 2.75) is 44.5 Å². The average molecular weight is 530 g/mol. The second-order valence-electron chi connectivity index (χ2n) is 6.89. The summed E-state index contributed by atoms with van der Waals surface area (Å²) in [7, 11) is -4.47. The number of carbonyl (C=O) groups excluding carboxylic acids is 3. The summed E-state index contributed by atoms with van der Waals surface area (Å²) in [6.45, 7) is 1.63. The van der Waals surface area contributed by atoms with Crippen molar-refractivity contribution in [3.05, 3.63) is 40.7 Å². The van der Waals surface area contributed by atoms with Gasteiger partial charge in [0, 0.05) is 0 Å². The topological polar surface area (TPSA) is 139 Å². The number of hydrogen-bond donors (Lipinski definition) is 0. The van der Waals surface area contributed by atoms with E-state index >= 15 is 0 Å². The van der Waals surface area contributed by atoms with Crippen molar-refractivity contribution in [3.8, 4) is 0 Å². The van der Waals surface area contributed by atoms with Gasteiger partial charge in [-0.05, 0) is 51.3 Å². The summed E-state index contributed by atoms with van der Waals surface area (Å²) < 4.78 is 55.5. The van der Waals surface area contributed by atoms with Gasteiger partial charge in [-0.15, -0.1) is 0 Å². The Morgan fingerprint density at radius 1 is 1.29 bits per heavy atom. The zero-order valence-corrected chi connectivity index (χ0v) is 22.4. The van der Waals surface area contributed by atoms with Gasteiger partial charge in [0.15, 0.2) is 6.73 Å². The molecule has 2 rings (SSSR count). The Hall–Kier alpha value is -1.86. The van der Waals surface area contributed by atoms with E-state index in [9.17, 15) is 32.3 Å². The smallest absolute Gasteiger partial charge is 0.546 e. The van der Waals surface area contributed by atoms with Gasteiger partial charge in [0.2, 0.25) is 10.0 Å². The van der Waals surface area contributed by atoms with E-state index in [0.717, 1.165) is 25.1 Å². The van der Waals surface area contributed by atoms with E-state index in [0.29, 0.717) is 17.1 Å². The third-order valence-electron chi connectivity index (χ3n) is 4.64. The summed E-state index contributed by atoms with van der Waals surface area (Å²) in [5.74, 6) is -3.24. The number of nitrogens with zero attached hydrogens (tertiary/aromatic N) is 1. The fourth-order valence-electron chi connectivity index (χ4n) is 3.04. The molecular weight excluding hydrogens is 508 g/mol. The first kappa shape index (κ1) is 30.2. The maximum Gasteiger partial charge on any atom is 1.00 e. The summed E-state index contributed by atoms with van der Waals surface area (Å²) in [5, 5.41) is 9.07. The van der Waals surface area contributed by atoms with E-state index < -0.39 is 52.0 Å². The number of anilines is 1. The first-order valence-electron chi connectivity index (χ1n) is 9.87. The molecule has 0 amide bonds. The Labute approximate surface area is 223 Å². The molecule has 0 saturated heterocycles. The van der Waals surface area contributed by atoms with Crippen LogP contribution in [0.15, 0.2) is 29.8 Å². The standard InChI is InChI=1S/C20H23ClFNO9S.Na/c1-3-30-19(26)14-6-4-5-7-17(14)33(28,29)23(16-9-8-13(22)10-15(16)21)11-31-20(27)32-12(2)18(24)25;/h6,8-10,12,17H,3-5,7,11H2,1-2H3,(H,24,25);/q;+1/p-1/t12-,17?;/m0./s1. The Morgan fingerprint density at radius 3 is 2.56 bits per heavy atom. The van der Waals surface area contributed by atoms with Gasteiger partial charge in [0.05, 0.1) is 28.9 Å². The van der Waals surface area contributed by atoms with Crippen LogP contribution in [-0.4, -0.2) is 51.2 Å². The number of halogens is 2. The van der Waals surface area contributed by atoms with Crippen molar-refractivity contribution in [2.75, 3.05) is 17.6 Å². The molecule has 14 heteroatoms. The zero-order chi connectivity index (χ0) is 24.8. The van der Waals surface area contributed by atoms with Crippen LogP contribution in [0.2, 0.25) is 5.02 Å². The summed E-state index contributed by atoms with van der Waals surface area (Å²) in [5.41, 5.74) is -0.313. The van der Waals surface area contributed by atoms with E-state index in [1.807, 2.05) is 0 Å². The third kappa shape index (κ3) is 7.57. The number of benzene rings is 1. The number of sulfonamides is 1. The molecule has 1 aromatic rings. The number of hydrogen-bond acceptors (Lipinski definition) is 9. The largest absolute Gasteiger partial charge is 1.00 e. The molecule has 10 nitrogen and oxygen atoms in total. The number of aliphatic carboxylic acids is 1. The average Bonchev–Trinajstić information content (AvgIpc) is 2.75. The molecule has 0 aliphatic heterocycles. The van der Waals surface area contributed by atoms with Gasteiger partial charge >= 0.3 is 41.7 Å². The monoisotopic (exact) mass is 529 g/mol. The van der Waals surface area contributed by atoms with Gasteiger partial charge in [0.25, 0.3) is 0 Å². The molecule has 2 atom stereocenters. The van der Waals surface area contributed by atoms with Crippen LogP contribution in [0.25, 0.3) is 0 Å². The minimum atomic E-state index is -4.47. The molecule has 0 aromatic heterocycles. The van der Waals surface area contributed by atoms with Crippen LogP contribution in [0, 0.1) is 5.82 Å². The molecule has 0 spiro atoms. The fraction of sp³-hybridized carbons (Fsp3) is 0.450. The molecule has 0 heterocycles. The molecular formula is C20H22ClFNNaO9S. The van der Waals surface area contributed by atoms with Crippen LogP contribution in [0.5, 0.6) is 0 Å². The number of allylic oxidation sites excluding steroid dienone is 1. The predicted octanol–water partition coefficient (Wildman–Crippen LogP) is -1.09. The number of rotatable bonds is 9. The minimum Gasteiger partial charge on any atom is -0.546 e. The minimum absolute atomic E-state index is 0. The van der Waals surface area contributed by atoms with Gasteiger partial charge in [-0.1, -0.05) is 17.7 Å². The molecule has 1 aliphatic carbocycles. The van der Waals surface area contributed by atoms with E-state index in [-0.39, 0.29) is 58.9 Å². The third-order valence-corrected chi connectivity index (χ3v) is 7.07. The van der Waals surface area contributed by atoms with Crippen LogP contribution in [-0.2, 0) is 33.8 Å². The zero-order valence-electron chi connectivity index (χ0n) is 18.8. The SMILES string of the molecule is CCOC(=O)C1=CCCCC1S(=O)(=O)N(COC(=O)O[C@@H](C)C(=O)[O-])c1ccc(F)cc1Cl.[Na+]. The Morgan fingerprint density at radius 2 is 1.97 bits per heavy atom. The molecule has 0 saturated carbocycles. The normalized spacial score (nSPS) is 16.4. The van der Waals surface area contributed by atoms with Gasteiger partial charge in [-0.25, -0.2) is 26.7 Å². The molecule has 1 aliphatic rings. The summed E-state index contributed by atoms with van der Waals surface area (Å²) in [4.78, 5) is 35.0. The molecule has 0 radical (unpaired) electrons. The quantitative estimate of drug-likeness (QED) is 0.222. The van der Waals surface area contributed by atoms with Crippen LogP contribution < -0.4 is 39.0 Å². The van der Waals surface area contributed by atoms with Crippen molar-refractivity contribution < 1.29 is 76.1 Å². The van der Waals surface area contributed by atoms with E-state index in [4.69, 9.17) is 21.1 Å². The summed E-state index contributed by atoms with van der Waals surface area (Å²) in [6.07, 6.45) is -0.714. The van der Waals surface area contributed by atoms with E-state index in [1.165, 1.54) is 6.08 Å².